The molecule has 0 heterocycles. The molecule has 3 aromatic rings. The molecule has 0 radical (unpaired) electrons. The van der Waals surface area contributed by atoms with Crippen molar-refractivity contribution in [2.45, 2.75) is 6.92 Å². The highest BCUT2D eigenvalue weighted by atomic mass is 28.3. The summed E-state index contributed by atoms with van der Waals surface area (Å²) in [6.07, 6.45) is 0. The van der Waals surface area contributed by atoms with Gasteiger partial charge in [0.2, 0.25) is 0 Å². The Morgan fingerprint density at radius 1 is 0.682 bits per heavy atom. The maximum atomic E-state index is 4.50. The molecule has 0 spiro atoms. The van der Waals surface area contributed by atoms with Crippen molar-refractivity contribution in [1.29, 1.82) is 0 Å². The smallest absolute Gasteiger partial charge is 0.0987 e. The highest BCUT2D eigenvalue weighted by Gasteiger charge is 2.21. The molecule has 3 aromatic carbocycles. The van der Waals surface area contributed by atoms with Crippen LogP contribution in [0.25, 0.3) is 5.20 Å². The maximum absolute atomic E-state index is 4.50. The van der Waals surface area contributed by atoms with Crippen LogP contribution >= 0.6 is 0 Å². The Morgan fingerprint density at radius 2 is 1.14 bits per heavy atom. The predicted molar refractivity (Wildman–Crippen MR) is 99.5 cm³/mol. The van der Waals surface area contributed by atoms with Crippen molar-refractivity contribution in [3.05, 3.63) is 103 Å². The van der Waals surface area contributed by atoms with Crippen molar-refractivity contribution in [3.63, 3.8) is 0 Å². The summed E-state index contributed by atoms with van der Waals surface area (Å²) in [4.78, 5) is 0. The standard InChI is InChI=1S/C21H20Si/c1-17-11-9-10-16-21(17)18(2)22(19-12-5-3-6-13-19)20-14-7-4-8-15-20/h3-16,22H,2H2,1H3. The number of aryl methyl sites for hydroxylation is 1. The average molecular weight is 300 g/mol. The van der Waals surface area contributed by atoms with Gasteiger partial charge in [0.05, 0.1) is 0 Å². The van der Waals surface area contributed by atoms with Gasteiger partial charge in [0.1, 0.15) is 8.80 Å². The Hall–Kier alpha value is -2.38. The fourth-order valence-electron chi connectivity index (χ4n) is 2.97. The molecule has 0 saturated carbocycles. The molecular weight excluding hydrogens is 280 g/mol. The van der Waals surface area contributed by atoms with Crippen molar-refractivity contribution in [2.75, 3.05) is 0 Å². The van der Waals surface area contributed by atoms with Gasteiger partial charge < -0.3 is 0 Å². The topological polar surface area (TPSA) is 0 Å². The Bertz CT molecular complexity index is 721. The number of hydrogen-bond acceptors (Lipinski definition) is 0. The van der Waals surface area contributed by atoms with E-state index < -0.39 is 8.80 Å². The average Bonchev–Trinajstić information content (AvgIpc) is 2.57. The minimum absolute atomic E-state index is 1.29. The lowest BCUT2D eigenvalue weighted by Crippen LogP contribution is -2.43. The lowest BCUT2D eigenvalue weighted by molar-refractivity contribution is 1.44. The van der Waals surface area contributed by atoms with Crippen molar-refractivity contribution in [3.8, 4) is 0 Å². The second-order valence-corrected chi connectivity index (χ2v) is 8.49. The van der Waals surface area contributed by atoms with Gasteiger partial charge in [-0.25, -0.2) is 0 Å². The molecule has 0 aliphatic heterocycles. The van der Waals surface area contributed by atoms with Crippen molar-refractivity contribution in [1.82, 2.24) is 0 Å². The molecule has 0 saturated heterocycles. The van der Waals surface area contributed by atoms with Crippen molar-refractivity contribution >= 4 is 24.4 Å². The van der Waals surface area contributed by atoms with Crippen LogP contribution in [0.1, 0.15) is 11.1 Å². The summed E-state index contributed by atoms with van der Waals surface area (Å²) < 4.78 is 0. The van der Waals surface area contributed by atoms with E-state index >= 15 is 0 Å². The molecule has 0 nitrogen and oxygen atoms in total. The predicted octanol–water partition coefficient (Wildman–Crippen LogP) is 3.59. The van der Waals surface area contributed by atoms with Gasteiger partial charge in [-0.2, -0.15) is 0 Å². The van der Waals surface area contributed by atoms with Gasteiger partial charge in [0.25, 0.3) is 0 Å². The van der Waals surface area contributed by atoms with Crippen LogP contribution in [0, 0.1) is 6.92 Å². The first-order chi connectivity index (χ1) is 10.8. The molecule has 108 valence electrons. The number of hydrogen-bond donors (Lipinski definition) is 0. The summed E-state index contributed by atoms with van der Waals surface area (Å²) in [5.41, 5.74) is 2.60. The van der Waals surface area contributed by atoms with Crippen LogP contribution in [0.2, 0.25) is 0 Å². The zero-order valence-corrected chi connectivity index (χ0v) is 14.0. The zero-order chi connectivity index (χ0) is 15.4. The molecule has 0 atom stereocenters. The summed E-state index contributed by atoms with van der Waals surface area (Å²) in [6.45, 7) is 6.67. The van der Waals surface area contributed by atoms with E-state index in [0.29, 0.717) is 0 Å². The highest BCUT2D eigenvalue weighted by Crippen LogP contribution is 2.19. The van der Waals surface area contributed by atoms with Crippen molar-refractivity contribution < 1.29 is 0 Å². The Balaban J connectivity index is 2.11. The Morgan fingerprint density at radius 3 is 1.64 bits per heavy atom. The van der Waals surface area contributed by atoms with Gasteiger partial charge in [-0.1, -0.05) is 107 Å². The van der Waals surface area contributed by atoms with Crippen molar-refractivity contribution in [2.24, 2.45) is 0 Å². The summed E-state index contributed by atoms with van der Waals surface area (Å²) in [6, 6.07) is 30.2. The van der Waals surface area contributed by atoms with Gasteiger partial charge >= 0.3 is 0 Å². The lowest BCUT2D eigenvalue weighted by Gasteiger charge is -2.21. The number of benzene rings is 3. The minimum Gasteiger partial charge on any atom is -0.0987 e. The molecule has 0 N–H and O–H groups in total. The molecule has 0 amide bonds. The van der Waals surface area contributed by atoms with E-state index in [-0.39, 0.29) is 0 Å². The van der Waals surface area contributed by atoms with Crippen LogP contribution in [0.5, 0.6) is 0 Å². The molecule has 0 aromatic heterocycles. The Labute approximate surface area is 134 Å². The molecule has 0 aliphatic rings. The van der Waals surface area contributed by atoms with E-state index in [9.17, 15) is 0 Å². The van der Waals surface area contributed by atoms with Crippen LogP contribution < -0.4 is 10.4 Å². The second kappa shape index (κ2) is 6.59. The maximum Gasteiger partial charge on any atom is 0.132 e. The molecule has 0 unspecified atom stereocenters. The van der Waals surface area contributed by atoms with E-state index in [1.165, 1.54) is 26.7 Å². The van der Waals surface area contributed by atoms with E-state index in [2.05, 4.69) is 98.4 Å². The second-order valence-electron chi connectivity index (χ2n) is 5.59. The first-order valence-electron chi connectivity index (χ1n) is 7.62. The highest BCUT2D eigenvalue weighted by molar-refractivity contribution is 6.99. The van der Waals surface area contributed by atoms with Crippen LogP contribution in [-0.4, -0.2) is 8.80 Å². The van der Waals surface area contributed by atoms with Gasteiger partial charge in [0, 0.05) is 0 Å². The molecule has 3 rings (SSSR count). The van der Waals surface area contributed by atoms with Crippen LogP contribution in [0.4, 0.5) is 0 Å². The molecule has 0 aliphatic carbocycles. The quantitative estimate of drug-likeness (QED) is 0.646. The van der Waals surface area contributed by atoms with E-state index in [4.69, 9.17) is 0 Å². The monoisotopic (exact) mass is 300 g/mol. The van der Waals surface area contributed by atoms with Gasteiger partial charge in [-0.05, 0) is 18.1 Å². The summed E-state index contributed by atoms with van der Waals surface area (Å²) in [7, 11) is -1.49. The summed E-state index contributed by atoms with van der Waals surface area (Å²) in [5.74, 6) is 0. The molecule has 1 heteroatoms. The van der Waals surface area contributed by atoms with Crippen LogP contribution in [-0.2, 0) is 0 Å². The SMILES string of the molecule is C=C(c1ccccc1C)[SiH](c1ccccc1)c1ccccc1. The molecule has 0 fully saturated rings. The first kappa shape index (κ1) is 14.5. The normalized spacial score (nSPS) is 10.6. The van der Waals surface area contributed by atoms with Crippen LogP contribution in [0.15, 0.2) is 91.5 Å². The van der Waals surface area contributed by atoms with E-state index in [1.54, 1.807) is 0 Å². The summed E-state index contributed by atoms with van der Waals surface area (Å²) in [5, 5.41) is 4.12. The van der Waals surface area contributed by atoms with Gasteiger partial charge in [0.15, 0.2) is 0 Å². The fourth-order valence-corrected chi connectivity index (χ4v) is 6.01. The van der Waals surface area contributed by atoms with Gasteiger partial charge in [-0.3, -0.25) is 0 Å². The summed E-state index contributed by atoms with van der Waals surface area (Å²) >= 11 is 0. The number of rotatable bonds is 4. The third-order valence-corrected chi connectivity index (χ3v) is 7.22. The lowest BCUT2D eigenvalue weighted by atomic mass is 10.1. The molecule has 22 heavy (non-hydrogen) atoms. The Kier molecular flexibility index (Phi) is 4.36. The largest absolute Gasteiger partial charge is 0.132 e. The first-order valence-corrected chi connectivity index (χ1v) is 9.35. The minimum atomic E-state index is -1.49. The third-order valence-electron chi connectivity index (χ3n) is 4.11. The van der Waals surface area contributed by atoms with E-state index in [0.717, 1.165) is 0 Å². The fraction of sp³-hybridized carbons (Fsp3) is 0.0476. The van der Waals surface area contributed by atoms with E-state index in [1.807, 2.05) is 0 Å². The molecule has 0 bridgehead atoms. The van der Waals surface area contributed by atoms with Crippen LogP contribution in [0.3, 0.4) is 0 Å². The molecular formula is C21H20Si. The third kappa shape index (κ3) is 2.95. The zero-order valence-electron chi connectivity index (χ0n) is 12.9. The van der Waals surface area contributed by atoms with Gasteiger partial charge in [-0.15, -0.1) is 0 Å².